The van der Waals surface area contributed by atoms with Crippen molar-refractivity contribution in [3.8, 4) is 11.3 Å². The number of aromatic nitrogens is 4. The van der Waals surface area contributed by atoms with Gasteiger partial charge < -0.3 is 4.74 Å². The van der Waals surface area contributed by atoms with Gasteiger partial charge in [0, 0.05) is 19.0 Å². The highest BCUT2D eigenvalue weighted by atomic mass is 127. The molecule has 1 atom stereocenters. The average molecular weight is 402 g/mol. The van der Waals surface area contributed by atoms with Crippen LogP contribution in [-0.2, 0) is 4.74 Å². The van der Waals surface area contributed by atoms with E-state index < -0.39 is 0 Å². The first-order valence-electron chi connectivity index (χ1n) is 6.51. The van der Waals surface area contributed by atoms with Crippen molar-refractivity contribution < 1.29 is 4.74 Å². The van der Waals surface area contributed by atoms with Crippen LogP contribution in [0.4, 0.5) is 0 Å². The third-order valence-corrected chi connectivity index (χ3v) is 4.59. The minimum Gasteiger partial charge on any atom is -0.357 e. The normalized spacial score (nSPS) is 19.2. The minimum atomic E-state index is 0.0628. The smallest absolute Gasteiger partial charge is 0.187 e. The molecule has 0 spiro atoms. The van der Waals surface area contributed by atoms with Crippen molar-refractivity contribution in [2.75, 3.05) is 12.9 Å². The van der Waals surface area contributed by atoms with Crippen molar-refractivity contribution in [1.29, 1.82) is 0 Å². The van der Waals surface area contributed by atoms with Crippen LogP contribution in [0, 0.1) is 3.70 Å². The summed E-state index contributed by atoms with van der Waals surface area (Å²) in [7, 11) is 0. The summed E-state index contributed by atoms with van der Waals surface area (Å²) < 4.78 is 8.65. The molecule has 5 nitrogen and oxygen atoms in total. The molecule has 2 aromatic heterocycles. The first kappa shape index (κ1) is 14.3. The Bertz CT molecular complexity index is 598. The van der Waals surface area contributed by atoms with Gasteiger partial charge in [-0.3, -0.25) is 0 Å². The highest BCUT2D eigenvalue weighted by Gasteiger charge is 2.19. The van der Waals surface area contributed by atoms with Crippen LogP contribution in [0.25, 0.3) is 11.3 Å². The lowest BCUT2D eigenvalue weighted by atomic mass is 10.2. The Kier molecular flexibility index (Phi) is 4.57. The van der Waals surface area contributed by atoms with Crippen LogP contribution in [0.1, 0.15) is 25.5 Å². The minimum absolute atomic E-state index is 0.0628. The maximum atomic E-state index is 5.77. The maximum absolute atomic E-state index is 5.77. The Morgan fingerprint density at radius 2 is 2.35 bits per heavy atom. The fourth-order valence-electron chi connectivity index (χ4n) is 2.21. The Morgan fingerprint density at radius 3 is 3.10 bits per heavy atom. The Hall–Kier alpha value is -0.670. The van der Waals surface area contributed by atoms with Crippen LogP contribution in [0.5, 0.6) is 0 Å². The van der Waals surface area contributed by atoms with Gasteiger partial charge in [-0.15, -0.1) is 0 Å². The predicted molar refractivity (Wildman–Crippen MR) is 86.6 cm³/mol. The van der Waals surface area contributed by atoms with E-state index in [9.17, 15) is 0 Å². The van der Waals surface area contributed by atoms with Gasteiger partial charge >= 0.3 is 0 Å². The Labute approximate surface area is 135 Å². The molecule has 1 aliphatic rings. The van der Waals surface area contributed by atoms with Gasteiger partial charge in [0.25, 0.3) is 0 Å². The van der Waals surface area contributed by atoms with E-state index in [1.165, 1.54) is 6.42 Å². The first-order valence-corrected chi connectivity index (χ1v) is 8.82. The molecule has 0 bridgehead atoms. The number of hydrogen-bond acceptors (Lipinski definition) is 5. The molecule has 0 N–H and O–H groups in total. The van der Waals surface area contributed by atoms with E-state index in [2.05, 4.69) is 37.7 Å². The van der Waals surface area contributed by atoms with Gasteiger partial charge in [-0.2, -0.15) is 5.10 Å². The molecule has 1 saturated heterocycles. The molecule has 0 saturated carbocycles. The summed E-state index contributed by atoms with van der Waals surface area (Å²) in [5.41, 5.74) is 1.95. The number of hydrogen-bond donors (Lipinski definition) is 0. The van der Waals surface area contributed by atoms with Crippen molar-refractivity contribution >= 4 is 34.4 Å². The fraction of sp³-hybridized carbons (Fsp3) is 0.462. The number of halogens is 1. The molecular weight excluding hydrogens is 387 g/mol. The van der Waals surface area contributed by atoms with E-state index in [-0.39, 0.29) is 6.23 Å². The molecule has 1 aliphatic heterocycles. The molecule has 0 amide bonds. The molecule has 3 rings (SSSR count). The first-order chi connectivity index (χ1) is 9.78. The fourth-order valence-corrected chi connectivity index (χ4v) is 3.23. The van der Waals surface area contributed by atoms with Crippen LogP contribution < -0.4 is 0 Å². The summed E-state index contributed by atoms with van der Waals surface area (Å²) in [4.78, 5) is 8.74. The van der Waals surface area contributed by atoms with Crippen LogP contribution in [0.15, 0.2) is 23.6 Å². The van der Waals surface area contributed by atoms with Gasteiger partial charge in [-0.1, -0.05) is 11.8 Å². The molecule has 0 unspecified atom stereocenters. The molecule has 1 fully saturated rings. The van der Waals surface area contributed by atoms with E-state index in [0.29, 0.717) is 0 Å². The molecule has 0 aliphatic carbocycles. The zero-order valence-corrected chi connectivity index (χ0v) is 14.1. The predicted octanol–water partition coefficient (Wildman–Crippen LogP) is 3.37. The molecule has 20 heavy (non-hydrogen) atoms. The Balaban J connectivity index is 1.91. The Morgan fingerprint density at radius 1 is 1.45 bits per heavy atom. The van der Waals surface area contributed by atoms with Gasteiger partial charge in [0.2, 0.25) is 0 Å². The number of rotatable bonds is 3. The third kappa shape index (κ3) is 2.99. The summed E-state index contributed by atoms with van der Waals surface area (Å²) >= 11 is 3.79. The lowest BCUT2D eigenvalue weighted by molar-refractivity contribution is -0.0396. The topological polar surface area (TPSA) is 52.8 Å². The van der Waals surface area contributed by atoms with Crippen LogP contribution in [0.2, 0.25) is 0 Å². The quantitative estimate of drug-likeness (QED) is 0.448. The summed E-state index contributed by atoms with van der Waals surface area (Å²) in [5, 5.41) is 5.36. The highest BCUT2D eigenvalue weighted by Crippen LogP contribution is 2.28. The van der Waals surface area contributed by atoms with Crippen LogP contribution in [0.3, 0.4) is 0 Å². The number of nitrogens with zero attached hydrogens (tertiary/aromatic N) is 4. The lowest BCUT2D eigenvalue weighted by Crippen LogP contribution is -2.18. The van der Waals surface area contributed by atoms with Gasteiger partial charge in [0.1, 0.15) is 9.93 Å². The van der Waals surface area contributed by atoms with Crippen molar-refractivity contribution in [1.82, 2.24) is 19.7 Å². The summed E-state index contributed by atoms with van der Waals surface area (Å²) in [5.74, 6) is 0. The van der Waals surface area contributed by atoms with Crippen molar-refractivity contribution in [2.24, 2.45) is 0 Å². The molecule has 0 aromatic carbocycles. The molecule has 106 valence electrons. The van der Waals surface area contributed by atoms with Gasteiger partial charge in [-0.25, -0.2) is 14.6 Å². The van der Waals surface area contributed by atoms with Crippen molar-refractivity contribution in [3.05, 3.63) is 22.2 Å². The van der Waals surface area contributed by atoms with Gasteiger partial charge in [0.05, 0.1) is 11.3 Å². The summed E-state index contributed by atoms with van der Waals surface area (Å²) in [6, 6.07) is 1.92. The molecule has 7 heteroatoms. The zero-order valence-electron chi connectivity index (χ0n) is 11.1. The number of thioether (sulfide) groups is 1. The molecule has 2 aromatic rings. The molecule has 0 radical (unpaired) electrons. The summed E-state index contributed by atoms with van der Waals surface area (Å²) in [6.07, 6.45) is 9.22. The van der Waals surface area contributed by atoms with E-state index in [0.717, 1.165) is 39.6 Å². The second-order valence-electron chi connectivity index (χ2n) is 4.56. The molecule has 3 heterocycles. The largest absolute Gasteiger partial charge is 0.357 e. The molecular formula is C13H15IN4OS. The van der Waals surface area contributed by atoms with Gasteiger partial charge in [0.15, 0.2) is 5.16 Å². The van der Waals surface area contributed by atoms with Crippen LogP contribution in [-0.4, -0.2) is 32.6 Å². The second-order valence-corrected chi connectivity index (χ2v) is 6.36. The third-order valence-electron chi connectivity index (χ3n) is 3.23. The van der Waals surface area contributed by atoms with E-state index in [4.69, 9.17) is 4.74 Å². The van der Waals surface area contributed by atoms with E-state index >= 15 is 0 Å². The summed E-state index contributed by atoms with van der Waals surface area (Å²) in [6.45, 7) is 0.820. The van der Waals surface area contributed by atoms with E-state index in [1.54, 1.807) is 18.0 Å². The SMILES string of the molecule is CSc1nccc(-c2cn([C@H]3CCCCO3)nc2I)n1. The monoisotopic (exact) mass is 402 g/mol. The lowest BCUT2D eigenvalue weighted by Gasteiger charge is -2.22. The zero-order chi connectivity index (χ0) is 13.9. The van der Waals surface area contributed by atoms with Gasteiger partial charge in [-0.05, 0) is 54.2 Å². The maximum Gasteiger partial charge on any atom is 0.187 e. The van der Waals surface area contributed by atoms with E-state index in [1.807, 2.05) is 23.2 Å². The second kappa shape index (κ2) is 6.40. The standard InChI is InChI=1S/C13H15IN4OS/c1-20-13-15-6-5-10(16-13)9-8-18(17-12(9)14)11-4-2-3-7-19-11/h5-6,8,11H,2-4,7H2,1H3/t11-/m1/s1. The van der Waals surface area contributed by atoms with Crippen molar-refractivity contribution in [3.63, 3.8) is 0 Å². The van der Waals surface area contributed by atoms with Crippen LogP contribution >= 0.6 is 34.4 Å². The average Bonchev–Trinajstić information content (AvgIpc) is 2.90. The highest BCUT2D eigenvalue weighted by molar-refractivity contribution is 14.1. The van der Waals surface area contributed by atoms with Crippen molar-refractivity contribution in [2.45, 2.75) is 30.6 Å². The number of ether oxygens (including phenoxy) is 1.